The van der Waals surface area contributed by atoms with Gasteiger partial charge >= 0.3 is 0 Å². The number of carbonyl (C=O) groups is 1. The van der Waals surface area contributed by atoms with E-state index in [-0.39, 0.29) is 28.8 Å². The second-order valence-corrected chi connectivity index (χ2v) is 6.20. The van der Waals surface area contributed by atoms with Crippen molar-refractivity contribution in [3.63, 3.8) is 0 Å². The van der Waals surface area contributed by atoms with E-state index in [4.69, 9.17) is 10.5 Å². The molecule has 1 saturated carbocycles. The zero-order valence-corrected chi connectivity index (χ0v) is 13.4. The lowest BCUT2D eigenvalue weighted by atomic mass is 10.1. The molecule has 0 heterocycles. The molecule has 0 bridgehead atoms. The highest BCUT2D eigenvalue weighted by molar-refractivity contribution is 9.10. The zero-order chi connectivity index (χ0) is 15.2. The fourth-order valence-corrected chi connectivity index (χ4v) is 2.87. The summed E-state index contributed by atoms with van der Waals surface area (Å²) in [6, 6.07) is 2.83. The van der Waals surface area contributed by atoms with Gasteiger partial charge in [-0.25, -0.2) is 4.39 Å². The first kappa shape index (κ1) is 16.1. The Balaban J connectivity index is 1.84. The lowest BCUT2D eigenvalue weighted by Gasteiger charge is -2.16. The van der Waals surface area contributed by atoms with Gasteiger partial charge in [-0.15, -0.1) is 0 Å². The standard InChI is InChI=1S/C15H20BrFN2O2/c16-11-7-13(18)14(8-12(11)17)21-9-15(20)19-10-5-3-1-2-4-6-10/h7-8,10H,1-6,9,18H2,(H,19,20). The lowest BCUT2D eigenvalue weighted by molar-refractivity contribution is -0.123. The molecule has 0 aliphatic heterocycles. The summed E-state index contributed by atoms with van der Waals surface area (Å²) >= 11 is 3.04. The summed E-state index contributed by atoms with van der Waals surface area (Å²) in [5, 5.41) is 2.97. The molecule has 6 heteroatoms. The van der Waals surface area contributed by atoms with E-state index in [0.717, 1.165) is 25.7 Å². The third-order valence-corrected chi connectivity index (χ3v) is 4.24. The van der Waals surface area contributed by atoms with Crippen LogP contribution in [0.25, 0.3) is 0 Å². The van der Waals surface area contributed by atoms with Gasteiger partial charge < -0.3 is 15.8 Å². The van der Waals surface area contributed by atoms with E-state index in [2.05, 4.69) is 21.2 Å². The summed E-state index contributed by atoms with van der Waals surface area (Å²) in [6.45, 7) is -0.151. The van der Waals surface area contributed by atoms with Gasteiger partial charge in [0.25, 0.3) is 5.91 Å². The normalized spacial score (nSPS) is 16.3. The van der Waals surface area contributed by atoms with Crippen LogP contribution in [0.3, 0.4) is 0 Å². The van der Waals surface area contributed by atoms with Crippen molar-refractivity contribution in [2.24, 2.45) is 0 Å². The number of ether oxygens (including phenoxy) is 1. The predicted molar refractivity (Wildman–Crippen MR) is 83.6 cm³/mol. The number of carbonyl (C=O) groups excluding carboxylic acids is 1. The van der Waals surface area contributed by atoms with Crippen LogP contribution in [0.4, 0.5) is 10.1 Å². The van der Waals surface area contributed by atoms with Gasteiger partial charge in [0.15, 0.2) is 6.61 Å². The van der Waals surface area contributed by atoms with Crippen LogP contribution in [0, 0.1) is 5.82 Å². The average Bonchev–Trinajstić information content (AvgIpc) is 2.70. The molecular formula is C15H20BrFN2O2. The third kappa shape index (κ3) is 4.88. The van der Waals surface area contributed by atoms with E-state index in [9.17, 15) is 9.18 Å². The molecule has 21 heavy (non-hydrogen) atoms. The number of anilines is 1. The van der Waals surface area contributed by atoms with Crippen molar-refractivity contribution < 1.29 is 13.9 Å². The fourth-order valence-electron chi connectivity index (χ4n) is 2.51. The molecule has 116 valence electrons. The highest BCUT2D eigenvalue weighted by Crippen LogP contribution is 2.28. The molecule has 0 radical (unpaired) electrons. The molecular weight excluding hydrogens is 339 g/mol. The van der Waals surface area contributed by atoms with Crippen LogP contribution in [-0.4, -0.2) is 18.6 Å². The van der Waals surface area contributed by atoms with Crippen LogP contribution in [0.1, 0.15) is 38.5 Å². The average molecular weight is 359 g/mol. The number of amides is 1. The smallest absolute Gasteiger partial charge is 0.258 e. The quantitative estimate of drug-likeness (QED) is 0.640. The van der Waals surface area contributed by atoms with Gasteiger partial charge in [0, 0.05) is 12.1 Å². The second kappa shape index (κ2) is 7.64. The van der Waals surface area contributed by atoms with Gasteiger partial charge in [0.2, 0.25) is 0 Å². The van der Waals surface area contributed by atoms with E-state index >= 15 is 0 Å². The van der Waals surface area contributed by atoms with Gasteiger partial charge in [-0.2, -0.15) is 0 Å². The molecule has 0 unspecified atom stereocenters. The minimum atomic E-state index is -0.469. The largest absolute Gasteiger partial charge is 0.482 e. The molecule has 1 aromatic rings. The van der Waals surface area contributed by atoms with Crippen LogP contribution in [0.15, 0.2) is 16.6 Å². The molecule has 3 N–H and O–H groups in total. The Morgan fingerprint density at radius 3 is 2.67 bits per heavy atom. The summed E-state index contributed by atoms with van der Waals surface area (Å²) in [5.74, 6) is -0.472. The molecule has 1 fully saturated rings. The van der Waals surface area contributed by atoms with Crippen molar-refractivity contribution >= 4 is 27.5 Å². The molecule has 1 aliphatic rings. The van der Waals surface area contributed by atoms with Crippen LogP contribution >= 0.6 is 15.9 Å². The van der Waals surface area contributed by atoms with Crippen LogP contribution in [0.2, 0.25) is 0 Å². The van der Waals surface area contributed by atoms with Crippen LogP contribution < -0.4 is 15.8 Å². The Bertz CT molecular complexity index is 503. The van der Waals surface area contributed by atoms with Crippen LogP contribution in [0.5, 0.6) is 5.75 Å². The number of nitrogens with one attached hydrogen (secondary N) is 1. The molecule has 0 atom stereocenters. The number of hydrogen-bond donors (Lipinski definition) is 2. The van der Waals surface area contributed by atoms with Crippen molar-refractivity contribution in [1.82, 2.24) is 5.32 Å². The summed E-state index contributed by atoms with van der Waals surface area (Å²) in [7, 11) is 0. The summed E-state index contributed by atoms with van der Waals surface area (Å²) < 4.78 is 19.0. The summed E-state index contributed by atoms with van der Waals surface area (Å²) in [4.78, 5) is 11.9. The maximum absolute atomic E-state index is 13.4. The number of rotatable bonds is 4. The molecule has 0 saturated heterocycles. The maximum atomic E-state index is 13.4. The third-order valence-electron chi connectivity index (χ3n) is 3.63. The van der Waals surface area contributed by atoms with Crippen LogP contribution in [-0.2, 0) is 4.79 Å². The molecule has 0 spiro atoms. The van der Waals surface area contributed by atoms with Gasteiger partial charge in [-0.3, -0.25) is 4.79 Å². The van der Waals surface area contributed by atoms with Crippen molar-refractivity contribution in [3.05, 3.63) is 22.4 Å². The summed E-state index contributed by atoms with van der Waals surface area (Å²) in [5.41, 5.74) is 6.02. The topological polar surface area (TPSA) is 64.3 Å². The second-order valence-electron chi connectivity index (χ2n) is 5.35. The maximum Gasteiger partial charge on any atom is 0.258 e. The van der Waals surface area contributed by atoms with E-state index in [0.29, 0.717) is 5.69 Å². The summed E-state index contributed by atoms with van der Waals surface area (Å²) in [6.07, 6.45) is 6.80. The van der Waals surface area contributed by atoms with Gasteiger partial charge in [0.05, 0.1) is 10.2 Å². The molecule has 1 amide bonds. The first-order chi connectivity index (χ1) is 10.1. The minimum absolute atomic E-state index is 0.151. The number of benzene rings is 1. The number of hydrogen-bond acceptors (Lipinski definition) is 3. The van der Waals surface area contributed by atoms with Crippen molar-refractivity contribution in [2.75, 3.05) is 12.3 Å². The Morgan fingerprint density at radius 2 is 2.00 bits per heavy atom. The first-order valence-corrected chi connectivity index (χ1v) is 8.02. The van der Waals surface area contributed by atoms with E-state index in [1.54, 1.807) is 0 Å². The number of nitrogen functional groups attached to an aromatic ring is 1. The highest BCUT2D eigenvalue weighted by Gasteiger charge is 2.15. The fraction of sp³-hybridized carbons (Fsp3) is 0.533. The van der Waals surface area contributed by atoms with Gasteiger partial charge in [-0.05, 0) is 34.8 Å². The van der Waals surface area contributed by atoms with E-state index < -0.39 is 5.82 Å². The molecule has 4 nitrogen and oxygen atoms in total. The molecule has 0 aromatic heterocycles. The molecule has 1 aromatic carbocycles. The Labute approximate surface area is 132 Å². The van der Waals surface area contributed by atoms with Gasteiger partial charge in [-0.1, -0.05) is 25.7 Å². The van der Waals surface area contributed by atoms with Crippen molar-refractivity contribution in [3.8, 4) is 5.75 Å². The number of halogens is 2. The molecule has 2 rings (SSSR count). The Hall–Kier alpha value is -1.30. The Kier molecular flexibility index (Phi) is 5.85. The van der Waals surface area contributed by atoms with Gasteiger partial charge in [0.1, 0.15) is 11.6 Å². The Morgan fingerprint density at radius 1 is 1.33 bits per heavy atom. The van der Waals surface area contributed by atoms with E-state index in [1.807, 2.05) is 0 Å². The number of nitrogens with two attached hydrogens (primary N) is 1. The molecule has 1 aliphatic carbocycles. The van der Waals surface area contributed by atoms with Crippen molar-refractivity contribution in [1.29, 1.82) is 0 Å². The minimum Gasteiger partial charge on any atom is -0.482 e. The van der Waals surface area contributed by atoms with E-state index in [1.165, 1.54) is 25.0 Å². The first-order valence-electron chi connectivity index (χ1n) is 7.23. The lowest BCUT2D eigenvalue weighted by Crippen LogP contribution is -2.37. The monoisotopic (exact) mass is 358 g/mol. The van der Waals surface area contributed by atoms with Crippen molar-refractivity contribution in [2.45, 2.75) is 44.6 Å². The zero-order valence-electron chi connectivity index (χ0n) is 11.8. The predicted octanol–water partition coefficient (Wildman–Crippen LogP) is 3.39. The SMILES string of the molecule is Nc1cc(Br)c(F)cc1OCC(=O)NC1CCCCCC1. The highest BCUT2D eigenvalue weighted by atomic mass is 79.9.